The number of urea groups is 1. The van der Waals surface area contributed by atoms with Gasteiger partial charge in [-0.3, -0.25) is 9.80 Å². The van der Waals surface area contributed by atoms with Crippen LogP contribution >= 0.6 is 12.2 Å². The second-order valence-electron chi connectivity index (χ2n) is 5.59. The third kappa shape index (κ3) is 3.10. The van der Waals surface area contributed by atoms with Crippen LogP contribution in [-0.4, -0.2) is 34.7 Å². The Hall–Kier alpha value is -1.62. The first-order valence-electron chi connectivity index (χ1n) is 6.91. The van der Waals surface area contributed by atoms with Gasteiger partial charge in [-0.05, 0) is 44.6 Å². The van der Waals surface area contributed by atoms with E-state index in [4.69, 9.17) is 12.2 Å². The molecule has 0 unspecified atom stereocenters. The second-order valence-corrected chi connectivity index (χ2v) is 5.98. The molecule has 0 saturated carbocycles. The van der Waals surface area contributed by atoms with Crippen molar-refractivity contribution in [3.8, 4) is 0 Å². The van der Waals surface area contributed by atoms with Gasteiger partial charge in [0.15, 0.2) is 5.11 Å². The van der Waals surface area contributed by atoms with Crippen molar-refractivity contribution in [2.24, 2.45) is 0 Å². The van der Waals surface area contributed by atoms with Gasteiger partial charge in [0.05, 0.1) is 0 Å². The van der Waals surface area contributed by atoms with E-state index in [1.165, 1.54) is 0 Å². The van der Waals surface area contributed by atoms with Crippen LogP contribution in [0.1, 0.15) is 27.2 Å². The van der Waals surface area contributed by atoms with Gasteiger partial charge in [0.25, 0.3) is 0 Å². The summed E-state index contributed by atoms with van der Waals surface area (Å²) in [6.07, 6.45) is 0.942. The molecule has 1 aromatic rings. The molecule has 1 N–H and O–H groups in total. The van der Waals surface area contributed by atoms with Gasteiger partial charge in [-0.15, -0.1) is 0 Å². The predicted molar refractivity (Wildman–Crippen MR) is 86.0 cm³/mol. The number of para-hydroxylation sites is 1. The molecule has 4 nitrogen and oxygen atoms in total. The average Bonchev–Trinajstić information content (AvgIpc) is 2.81. The molecule has 108 valence electrons. The summed E-state index contributed by atoms with van der Waals surface area (Å²) < 4.78 is 0. The van der Waals surface area contributed by atoms with Gasteiger partial charge in [-0.2, -0.15) is 0 Å². The molecule has 20 heavy (non-hydrogen) atoms. The Bertz CT molecular complexity index is 501. The highest BCUT2D eigenvalue weighted by Crippen LogP contribution is 2.20. The molecule has 0 radical (unpaired) electrons. The van der Waals surface area contributed by atoms with Crippen LogP contribution in [0.3, 0.4) is 0 Å². The Labute approximate surface area is 125 Å². The maximum atomic E-state index is 12.4. The lowest BCUT2D eigenvalue weighted by atomic mass is 10.0. The van der Waals surface area contributed by atoms with E-state index in [-0.39, 0.29) is 11.6 Å². The number of anilines is 1. The van der Waals surface area contributed by atoms with Crippen LogP contribution in [0, 0.1) is 0 Å². The summed E-state index contributed by atoms with van der Waals surface area (Å²) in [5.41, 5.74) is 0.815. The molecule has 0 spiro atoms. The van der Waals surface area contributed by atoms with E-state index >= 15 is 0 Å². The van der Waals surface area contributed by atoms with E-state index in [9.17, 15) is 4.79 Å². The average molecular weight is 291 g/mol. The molecule has 1 aliphatic rings. The normalized spacial score (nSPS) is 15.7. The summed E-state index contributed by atoms with van der Waals surface area (Å²) in [6, 6.07) is 9.63. The zero-order valence-corrected chi connectivity index (χ0v) is 13.0. The lowest BCUT2D eigenvalue weighted by Crippen LogP contribution is -2.50. The van der Waals surface area contributed by atoms with Crippen LogP contribution in [0.5, 0.6) is 0 Å². The lowest BCUT2D eigenvalue weighted by Gasteiger charge is -2.29. The van der Waals surface area contributed by atoms with Gasteiger partial charge in [0.2, 0.25) is 0 Å². The fraction of sp³-hybridized carbons (Fsp3) is 0.467. The Morgan fingerprint density at radius 2 is 1.95 bits per heavy atom. The lowest BCUT2D eigenvalue weighted by molar-refractivity contribution is 0.236. The number of nitrogens with one attached hydrogen (secondary N) is 1. The summed E-state index contributed by atoms with van der Waals surface area (Å²) >= 11 is 5.38. The summed E-state index contributed by atoms with van der Waals surface area (Å²) in [7, 11) is 0. The molecule has 1 fully saturated rings. The highest BCUT2D eigenvalue weighted by molar-refractivity contribution is 7.80. The SMILES string of the molecule is CCC(C)(C)NC(=S)N1CCN(c2ccccc2)C1=O. The molecule has 1 aliphatic heterocycles. The van der Waals surface area contributed by atoms with Gasteiger partial charge in [0, 0.05) is 24.3 Å². The van der Waals surface area contributed by atoms with Crippen LogP contribution in [-0.2, 0) is 0 Å². The standard InChI is InChI=1S/C15H21N3OS/c1-4-15(2,3)16-13(20)18-11-10-17(14(18)19)12-8-6-5-7-9-12/h5-9H,4,10-11H2,1-3H3,(H,16,20). The minimum Gasteiger partial charge on any atom is -0.357 e. The summed E-state index contributed by atoms with van der Waals surface area (Å²) in [5, 5.41) is 3.77. The molecule has 0 atom stereocenters. The van der Waals surface area contributed by atoms with Crippen LogP contribution in [0.4, 0.5) is 10.5 Å². The summed E-state index contributed by atoms with van der Waals surface area (Å²) in [6.45, 7) is 7.54. The molecule has 2 amide bonds. The minimum absolute atomic E-state index is 0.0550. The zero-order chi connectivity index (χ0) is 14.8. The highest BCUT2D eigenvalue weighted by Gasteiger charge is 2.33. The fourth-order valence-corrected chi connectivity index (χ4v) is 2.46. The Kier molecular flexibility index (Phi) is 4.28. The van der Waals surface area contributed by atoms with Crippen molar-refractivity contribution >= 4 is 29.0 Å². The number of rotatable bonds is 3. The zero-order valence-electron chi connectivity index (χ0n) is 12.2. The third-order valence-electron chi connectivity index (χ3n) is 3.65. The molecule has 0 bridgehead atoms. The van der Waals surface area contributed by atoms with Crippen molar-refractivity contribution in [1.29, 1.82) is 0 Å². The number of benzene rings is 1. The van der Waals surface area contributed by atoms with Gasteiger partial charge in [-0.1, -0.05) is 25.1 Å². The molecule has 0 aromatic heterocycles. The second kappa shape index (κ2) is 5.79. The number of nitrogens with zero attached hydrogens (tertiary/aromatic N) is 2. The van der Waals surface area contributed by atoms with Crippen molar-refractivity contribution < 1.29 is 4.79 Å². The van der Waals surface area contributed by atoms with Crippen LogP contribution in [0.2, 0.25) is 0 Å². The molecular formula is C15H21N3OS. The number of carbonyl (C=O) groups excluding carboxylic acids is 1. The largest absolute Gasteiger partial charge is 0.357 e. The van der Waals surface area contributed by atoms with Crippen molar-refractivity contribution in [3.05, 3.63) is 30.3 Å². The summed E-state index contributed by atoms with van der Waals surface area (Å²) in [4.78, 5) is 15.8. The first-order chi connectivity index (χ1) is 9.44. The Morgan fingerprint density at radius 3 is 2.55 bits per heavy atom. The quantitative estimate of drug-likeness (QED) is 0.870. The van der Waals surface area contributed by atoms with E-state index < -0.39 is 0 Å². The number of hydrogen-bond acceptors (Lipinski definition) is 2. The van der Waals surface area contributed by atoms with Crippen molar-refractivity contribution in [1.82, 2.24) is 10.2 Å². The van der Waals surface area contributed by atoms with Crippen LogP contribution in [0.25, 0.3) is 0 Å². The molecular weight excluding hydrogens is 270 g/mol. The molecule has 1 aromatic carbocycles. The number of hydrogen-bond donors (Lipinski definition) is 1. The van der Waals surface area contributed by atoms with Crippen molar-refractivity contribution in [2.45, 2.75) is 32.7 Å². The van der Waals surface area contributed by atoms with E-state index in [1.807, 2.05) is 30.3 Å². The van der Waals surface area contributed by atoms with Gasteiger partial charge in [0.1, 0.15) is 0 Å². The first-order valence-corrected chi connectivity index (χ1v) is 7.31. The molecule has 2 rings (SSSR count). The Balaban J connectivity index is 2.06. The molecule has 5 heteroatoms. The van der Waals surface area contributed by atoms with Crippen LogP contribution in [0.15, 0.2) is 30.3 Å². The third-order valence-corrected chi connectivity index (χ3v) is 3.97. The van der Waals surface area contributed by atoms with E-state index in [1.54, 1.807) is 9.80 Å². The maximum Gasteiger partial charge on any atom is 0.330 e. The van der Waals surface area contributed by atoms with E-state index in [2.05, 4.69) is 26.1 Å². The monoisotopic (exact) mass is 291 g/mol. The highest BCUT2D eigenvalue weighted by atomic mass is 32.1. The molecule has 0 aliphatic carbocycles. The minimum atomic E-state index is -0.0997. The van der Waals surface area contributed by atoms with E-state index in [0.717, 1.165) is 12.1 Å². The van der Waals surface area contributed by atoms with Gasteiger partial charge >= 0.3 is 6.03 Å². The van der Waals surface area contributed by atoms with Gasteiger partial charge < -0.3 is 5.32 Å². The molecule has 1 saturated heterocycles. The maximum absolute atomic E-state index is 12.4. The van der Waals surface area contributed by atoms with E-state index in [0.29, 0.717) is 18.2 Å². The predicted octanol–water partition coefficient (Wildman–Crippen LogP) is 2.99. The number of amides is 2. The smallest absolute Gasteiger partial charge is 0.330 e. The van der Waals surface area contributed by atoms with Gasteiger partial charge in [-0.25, -0.2) is 4.79 Å². The number of thiocarbonyl (C=S) groups is 1. The van der Waals surface area contributed by atoms with Crippen molar-refractivity contribution in [3.63, 3.8) is 0 Å². The summed E-state index contributed by atoms with van der Waals surface area (Å²) in [5.74, 6) is 0. The Morgan fingerprint density at radius 1 is 1.30 bits per heavy atom. The first kappa shape index (κ1) is 14.8. The topological polar surface area (TPSA) is 35.6 Å². The van der Waals surface area contributed by atoms with Crippen LogP contribution < -0.4 is 10.2 Å². The van der Waals surface area contributed by atoms with Crippen molar-refractivity contribution in [2.75, 3.05) is 18.0 Å². The molecule has 1 heterocycles. The fourth-order valence-electron chi connectivity index (χ4n) is 2.02. The number of carbonyl (C=O) groups is 1.